The lowest BCUT2D eigenvalue weighted by Gasteiger charge is -2.21. The van der Waals surface area contributed by atoms with Crippen molar-refractivity contribution in [1.82, 2.24) is 0 Å². The van der Waals surface area contributed by atoms with Crippen molar-refractivity contribution in [1.29, 1.82) is 0 Å². The van der Waals surface area contributed by atoms with Gasteiger partial charge in [-0.2, -0.15) is 0 Å². The normalized spacial score (nSPS) is 12.2. The second kappa shape index (κ2) is 7.14. The first kappa shape index (κ1) is 14.6. The summed E-state index contributed by atoms with van der Waals surface area (Å²) < 4.78 is 0. The zero-order valence-corrected chi connectivity index (χ0v) is 12.8. The first-order chi connectivity index (χ1) is 9.70. The molecule has 0 aliphatic heterocycles. The highest BCUT2D eigenvalue weighted by atomic mass is 14.9. The summed E-state index contributed by atoms with van der Waals surface area (Å²) in [5, 5.41) is 3.70. The number of hydrogen-bond donors (Lipinski definition) is 1. The Bertz CT molecular complexity index is 531. The third-order valence-electron chi connectivity index (χ3n) is 3.90. The predicted octanol–water partition coefficient (Wildman–Crippen LogP) is 5.65. The molecule has 1 heteroatoms. The molecule has 1 N–H and O–H groups in total. The Balaban J connectivity index is 2.17. The van der Waals surface area contributed by atoms with Gasteiger partial charge in [-0.15, -0.1) is 0 Å². The molecule has 0 fully saturated rings. The minimum absolute atomic E-state index is 0.401. The smallest absolute Gasteiger partial charge is 0.0513 e. The van der Waals surface area contributed by atoms with Crippen LogP contribution < -0.4 is 5.32 Å². The summed E-state index contributed by atoms with van der Waals surface area (Å²) in [5.74, 6) is 0. The molecular weight excluding hydrogens is 242 g/mol. The van der Waals surface area contributed by atoms with Crippen molar-refractivity contribution in [3.05, 3.63) is 65.2 Å². The highest BCUT2D eigenvalue weighted by molar-refractivity contribution is 5.49. The summed E-state index contributed by atoms with van der Waals surface area (Å²) in [5.41, 5.74) is 5.29. The van der Waals surface area contributed by atoms with E-state index in [0.29, 0.717) is 6.04 Å². The zero-order chi connectivity index (χ0) is 14.4. The van der Waals surface area contributed by atoms with Crippen molar-refractivity contribution in [3.8, 4) is 0 Å². The summed E-state index contributed by atoms with van der Waals surface area (Å²) >= 11 is 0. The van der Waals surface area contributed by atoms with Gasteiger partial charge in [0.05, 0.1) is 6.04 Å². The minimum atomic E-state index is 0.401. The topological polar surface area (TPSA) is 12.0 Å². The van der Waals surface area contributed by atoms with E-state index in [1.807, 2.05) is 0 Å². The van der Waals surface area contributed by atoms with Gasteiger partial charge in [-0.3, -0.25) is 0 Å². The second-order valence-electron chi connectivity index (χ2n) is 5.55. The van der Waals surface area contributed by atoms with E-state index in [-0.39, 0.29) is 0 Å². The minimum Gasteiger partial charge on any atom is -0.378 e. The summed E-state index contributed by atoms with van der Waals surface area (Å²) in [6.45, 7) is 6.58. The average Bonchev–Trinajstić information content (AvgIpc) is 2.48. The number of anilines is 1. The van der Waals surface area contributed by atoms with Crippen LogP contribution in [0.5, 0.6) is 0 Å². The predicted molar refractivity (Wildman–Crippen MR) is 88.2 cm³/mol. The van der Waals surface area contributed by atoms with Gasteiger partial charge in [0.15, 0.2) is 0 Å². The Kier molecular flexibility index (Phi) is 5.23. The van der Waals surface area contributed by atoms with Crippen molar-refractivity contribution in [2.75, 3.05) is 5.32 Å². The lowest BCUT2D eigenvalue weighted by Crippen LogP contribution is -2.11. The van der Waals surface area contributed by atoms with Crippen molar-refractivity contribution < 1.29 is 0 Å². The Morgan fingerprint density at radius 2 is 1.70 bits per heavy atom. The first-order valence-electron chi connectivity index (χ1n) is 7.59. The first-order valence-corrected chi connectivity index (χ1v) is 7.59. The fourth-order valence-electron chi connectivity index (χ4n) is 2.45. The van der Waals surface area contributed by atoms with Gasteiger partial charge in [0.2, 0.25) is 0 Å². The lowest BCUT2D eigenvalue weighted by atomic mass is 10.0. The Hall–Kier alpha value is -1.76. The lowest BCUT2D eigenvalue weighted by molar-refractivity contribution is 0.634. The van der Waals surface area contributed by atoms with Crippen molar-refractivity contribution in [2.45, 2.75) is 46.1 Å². The Morgan fingerprint density at radius 3 is 2.35 bits per heavy atom. The van der Waals surface area contributed by atoms with Gasteiger partial charge in [0.25, 0.3) is 0 Å². The molecule has 0 aliphatic rings. The molecule has 20 heavy (non-hydrogen) atoms. The highest BCUT2D eigenvalue weighted by Gasteiger charge is 2.10. The second-order valence-corrected chi connectivity index (χ2v) is 5.55. The monoisotopic (exact) mass is 267 g/mol. The molecule has 0 aliphatic carbocycles. The number of hydrogen-bond acceptors (Lipinski definition) is 1. The molecule has 0 bridgehead atoms. The fourth-order valence-corrected chi connectivity index (χ4v) is 2.45. The molecule has 0 amide bonds. The van der Waals surface area contributed by atoms with Crippen LogP contribution >= 0.6 is 0 Å². The molecule has 0 heterocycles. The molecule has 0 radical (unpaired) electrons. The van der Waals surface area contributed by atoms with E-state index in [0.717, 1.165) is 0 Å². The number of nitrogens with one attached hydrogen (secondary N) is 1. The fraction of sp³-hybridized carbons (Fsp3) is 0.368. The van der Waals surface area contributed by atoms with E-state index >= 15 is 0 Å². The van der Waals surface area contributed by atoms with Crippen molar-refractivity contribution in [2.24, 2.45) is 0 Å². The number of aryl methyl sites for hydroxylation is 2. The molecule has 0 saturated carbocycles. The molecular formula is C19H25N. The molecule has 1 nitrogen and oxygen atoms in total. The van der Waals surface area contributed by atoms with Crippen LogP contribution in [0.3, 0.4) is 0 Å². The summed E-state index contributed by atoms with van der Waals surface area (Å²) in [6, 6.07) is 17.8. The van der Waals surface area contributed by atoms with E-state index in [1.165, 1.54) is 41.6 Å². The van der Waals surface area contributed by atoms with Gasteiger partial charge in [0.1, 0.15) is 0 Å². The highest BCUT2D eigenvalue weighted by Crippen LogP contribution is 2.25. The van der Waals surface area contributed by atoms with Gasteiger partial charge in [0, 0.05) is 5.69 Å². The van der Waals surface area contributed by atoms with E-state index in [9.17, 15) is 0 Å². The SMILES string of the molecule is CCCCC(Nc1ccc(C)c(C)c1)c1ccccc1. The zero-order valence-electron chi connectivity index (χ0n) is 12.8. The molecule has 1 unspecified atom stereocenters. The van der Waals surface area contributed by atoms with Crippen LogP contribution in [0.15, 0.2) is 48.5 Å². The standard InChI is InChI=1S/C19H25N/c1-4-5-11-19(17-9-7-6-8-10-17)20-18-13-12-15(2)16(3)14-18/h6-10,12-14,19-20H,4-5,11H2,1-3H3. The van der Waals surface area contributed by atoms with Crippen LogP contribution in [0.2, 0.25) is 0 Å². The molecule has 2 aromatic rings. The number of rotatable bonds is 6. The largest absolute Gasteiger partial charge is 0.378 e. The van der Waals surface area contributed by atoms with Gasteiger partial charge < -0.3 is 5.32 Å². The maximum Gasteiger partial charge on any atom is 0.0513 e. The maximum absolute atomic E-state index is 3.70. The molecule has 106 valence electrons. The molecule has 2 aromatic carbocycles. The third kappa shape index (κ3) is 3.86. The van der Waals surface area contributed by atoms with Crippen LogP contribution in [0.25, 0.3) is 0 Å². The summed E-state index contributed by atoms with van der Waals surface area (Å²) in [6.07, 6.45) is 3.66. The van der Waals surface area contributed by atoms with Crippen LogP contribution in [-0.4, -0.2) is 0 Å². The maximum atomic E-state index is 3.70. The van der Waals surface area contributed by atoms with Crippen molar-refractivity contribution >= 4 is 5.69 Å². The van der Waals surface area contributed by atoms with Gasteiger partial charge in [-0.1, -0.05) is 56.2 Å². The molecule has 0 spiro atoms. The van der Waals surface area contributed by atoms with E-state index < -0.39 is 0 Å². The van der Waals surface area contributed by atoms with Crippen LogP contribution in [0.4, 0.5) is 5.69 Å². The van der Waals surface area contributed by atoms with Gasteiger partial charge in [-0.25, -0.2) is 0 Å². The van der Waals surface area contributed by atoms with E-state index in [1.54, 1.807) is 0 Å². The third-order valence-corrected chi connectivity index (χ3v) is 3.90. The summed E-state index contributed by atoms with van der Waals surface area (Å²) in [7, 11) is 0. The molecule has 2 rings (SSSR count). The van der Waals surface area contributed by atoms with Crippen LogP contribution in [-0.2, 0) is 0 Å². The van der Waals surface area contributed by atoms with Crippen LogP contribution in [0, 0.1) is 13.8 Å². The molecule has 1 atom stereocenters. The Labute approximate surface area is 123 Å². The van der Waals surface area contributed by atoms with Crippen LogP contribution in [0.1, 0.15) is 48.9 Å². The Morgan fingerprint density at radius 1 is 0.950 bits per heavy atom. The van der Waals surface area contributed by atoms with Gasteiger partial charge in [-0.05, 0) is 49.1 Å². The number of benzene rings is 2. The van der Waals surface area contributed by atoms with Gasteiger partial charge >= 0.3 is 0 Å². The summed E-state index contributed by atoms with van der Waals surface area (Å²) in [4.78, 5) is 0. The quantitative estimate of drug-likeness (QED) is 0.713. The molecule has 0 saturated heterocycles. The number of unbranched alkanes of at least 4 members (excludes halogenated alkanes) is 1. The van der Waals surface area contributed by atoms with Crippen molar-refractivity contribution in [3.63, 3.8) is 0 Å². The van der Waals surface area contributed by atoms with E-state index in [4.69, 9.17) is 0 Å². The molecule has 0 aromatic heterocycles. The van der Waals surface area contributed by atoms with E-state index in [2.05, 4.69) is 74.6 Å². The average molecular weight is 267 g/mol.